The zero-order valence-corrected chi connectivity index (χ0v) is 17.9. The molecular formula is C23H26Cl2N2O2. The van der Waals surface area contributed by atoms with E-state index in [4.69, 9.17) is 28.9 Å². The summed E-state index contributed by atoms with van der Waals surface area (Å²) in [5, 5.41) is 1.24. The lowest BCUT2D eigenvalue weighted by Crippen LogP contribution is -2.38. The molecule has 29 heavy (non-hydrogen) atoms. The van der Waals surface area contributed by atoms with Crippen molar-refractivity contribution in [1.29, 1.82) is 0 Å². The van der Waals surface area contributed by atoms with Gasteiger partial charge >= 0.3 is 0 Å². The van der Waals surface area contributed by atoms with Crippen LogP contribution in [0.1, 0.15) is 55.7 Å². The lowest BCUT2D eigenvalue weighted by molar-refractivity contribution is -0.136. The summed E-state index contributed by atoms with van der Waals surface area (Å²) in [7, 11) is 0. The smallest absolute Gasteiger partial charge is 0.223 e. The number of benzene rings is 2. The van der Waals surface area contributed by atoms with E-state index in [2.05, 4.69) is 0 Å². The number of nitrogen functional groups attached to an aromatic ring is 1. The average Bonchev–Trinajstić information content (AvgIpc) is 2.73. The van der Waals surface area contributed by atoms with Crippen LogP contribution in [0.2, 0.25) is 10.0 Å². The summed E-state index contributed by atoms with van der Waals surface area (Å²) in [6, 6.07) is 12.8. The van der Waals surface area contributed by atoms with Gasteiger partial charge in [0.05, 0.1) is 6.04 Å². The Hall–Kier alpha value is -2.04. The van der Waals surface area contributed by atoms with Crippen molar-refractivity contribution < 1.29 is 9.59 Å². The van der Waals surface area contributed by atoms with Crippen LogP contribution in [0, 0.1) is 0 Å². The molecule has 1 unspecified atom stereocenters. The van der Waals surface area contributed by atoms with Crippen molar-refractivity contribution in [3.8, 4) is 0 Å². The maximum atomic E-state index is 12.9. The third-order valence-corrected chi connectivity index (χ3v) is 6.01. The van der Waals surface area contributed by atoms with Gasteiger partial charge in [0.2, 0.25) is 5.91 Å². The number of carbonyl (C=O) groups excluding carboxylic acids is 2. The number of hydrogen-bond donors (Lipinski definition) is 1. The van der Waals surface area contributed by atoms with E-state index in [-0.39, 0.29) is 30.6 Å². The molecule has 0 aliphatic carbocycles. The molecule has 2 N–H and O–H groups in total. The minimum absolute atomic E-state index is 0.00609. The molecule has 1 heterocycles. The van der Waals surface area contributed by atoms with Gasteiger partial charge in [-0.3, -0.25) is 9.59 Å². The van der Waals surface area contributed by atoms with Crippen LogP contribution in [-0.4, -0.2) is 23.1 Å². The molecule has 0 bridgehead atoms. The topological polar surface area (TPSA) is 63.4 Å². The van der Waals surface area contributed by atoms with Gasteiger partial charge in [0.15, 0.2) is 0 Å². The number of amides is 1. The van der Waals surface area contributed by atoms with Crippen LogP contribution in [-0.2, 0) is 16.0 Å². The second-order valence-electron chi connectivity index (χ2n) is 7.54. The van der Waals surface area contributed by atoms with E-state index in [1.165, 1.54) is 0 Å². The zero-order valence-electron chi connectivity index (χ0n) is 16.4. The van der Waals surface area contributed by atoms with Gasteiger partial charge < -0.3 is 10.6 Å². The first-order valence-corrected chi connectivity index (χ1v) is 10.8. The highest BCUT2D eigenvalue weighted by molar-refractivity contribution is 6.33. The van der Waals surface area contributed by atoms with Crippen molar-refractivity contribution in [2.24, 2.45) is 0 Å². The van der Waals surface area contributed by atoms with Crippen LogP contribution >= 0.6 is 23.2 Å². The SMILES string of the molecule is Nc1ccc(CCC(=O)CCC(=O)N2CCCCC2c2cc(Cl)ccc2Cl)cc1. The first kappa shape index (κ1) is 21.7. The fourth-order valence-corrected chi connectivity index (χ4v) is 4.23. The maximum absolute atomic E-state index is 12.9. The standard InChI is InChI=1S/C23H26Cl2N2O2/c24-17-7-12-21(25)20(15-17)22-3-1-2-14-27(22)23(29)13-11-19(28)10-6-16-4-8-18(26)9-5-16/h4-5,7-9,12,15,22H,1-3,6,10-11,13-14,26H2. The molecule has 0 spiro atoms. The van der Waals surface area contributed by atoms with Crippen LogP contribution < -0.4 is 5.73 Å². The number of ketones is 1. The molecular weight excluding hydrogens is 407 g/mol. The minimum atomic E-state index is -0.0765. The number of hydrogen-bond acceptors (Lipinski definition) is 3. The van der Waals surface area contributed by atoms with E-state index in [9.17, 15) is 9.59 Å². The number of carbonyl (C=O) groups is 2. The Morgan fingerprint density at radius 2 is 1.76 bits per heavy atom. The van der Waals surface area contributed by atoms with E-state index in [1.807, 2.05) is 35.2 Å². The third-order valence-electron chi connectivity index (χ3n) is 5.43. The van der Waals surface area contributed by atoms with Gasteiger partial charge in [-0.2, -0.15) is 0 Å². The van der Waals surface area contributed by atoms with Crippen molar-refractivity contribution in [1.82, 2.24) is 4.90 Å². The number of halogens is 2. The lowest BCUT2D eigenvalue weighted by Gasteiger charge is -2.36. The second-order valence-corrected chi connectivity index (χ2v) is 8.39. The van der Waals surface area contributed by atoms with Crippen molar-refractivity contribution in [3.63, 3.8) is 0 Å². The van der Waals surface area contributed by atoms with Gasteiger partial charge in [-0.1, -0.05) is 35.3 Å². The molecule has 2 aromatic rings. The summed E-state index contributed by atoms with van der Waals surface area (Å²) >= 11 is 12.5. The summed E-state index contributed by atoms with van der Waals surface area (Å²) in [5.74, 6) is 0.107. The summed E-state index contributed by atoms with van der Waals surface area (Å²) in [6.45, 7) is 0.686. The number of Topliss-reactive ketones (excluding diaryl/α,β-unsaturated/α-hetero) is 1. The monoisotopic (exact) mass is 432 g/mol. The Morgan fingerprint density at radius 3 is 2.52 bits per heavy atom. The molecule has 0 aromatic heterocycles. The van der Waals surface area contributed by atoms with Crippen LogP contribution in [0.25, 0.3) is 0 Å². The molecule has 1 saturated heterocycles. The predicted molar refractivity (Wildman–Crippen MR) is 118 cm³/mol. The lowest BCUT2D eigenvalue weighted by atomic mass is 9.94. The quantitative estimate of drug-likeness (QED) is 0.577. The molecule has 1 aliphatic heterocycles. The highest BCUT2D eigenvalue weighted by Crippen LogP contribution is 2.36. The number of likely N-dealkylation sites (tertiary alicyclic amines) is 1. The Kier molecular flexibility index (Phi) is 7.57. The van der Waals surface area contributed by atoms with Crippen molar-refractivity contribution in [3.05, 3.63) is 63.6 Å². The molecule has 0 radical (unpaired) electrons. The van der Waals surface area contributed by atoms with Crippen LogP contribution in [0.5, 0.6) is 0 Å². The van der Waals surface area contributed by atoms with Gasteiger partial charge in [0, 0.05) is 41.5 Å². The van der Waals surface area contributed by atoms with E-state index in [0.29, 0.717) is 35.1 Å². The molecule has 0 saturated carbocycles. The molecule has 4 nitrogen and oxygen atoms in total. The van der Waals surface area contributed by atoms with Crippen LogP contribution in [0.3, 0.4) is 0 Å². The molecule has 1 amide bonds. The Morgan fingerprint density at radius 1 is 1.00 bits per heavy atom. The number of rotatable bonds is 7. The summed E-state index contributed by atoms with van der Waals surface area (Å²) in [5.41, 5.74) is 8.36. The predicted octanol–water partition coefficient (Wildman–Crippen LogP) is 5.61. The fraction of sp³-hybridized carbons (Fsp3) is 0.391. The first-order valence-electron chi connectivity index (χ1n) is 10.0. The molecule has 154 valence electrons. The molecule has 1 atom stereocenters. The highest BCUT2D eigenvalue weighted by Gasteiger charge is 2.29. The van der Waals surface area contributed by atoms with Gasteiger partial charge in [-0.05, 0) is 67.1 Å². The molecule has 1 fully saturated rings. The Labute approximate surface area is 182 Å². The van der Waals surface area contributed by atoms with Crippen molar-refractivity contribution in [2.75, 3.05) is 12.3 Å². The van der Waals surface area contributed by atoms with Crippen molar-refractivity contribution >= 4 is 40.6 Å². The summed E-state index contributed by atoms with van der Waals surface area (Å²) < 4.78 is 0. The summed E-state index contributed by atoms with van der Waals surface area (Å²) in [4.78, 5) is 27.0. The molecule has 3 rings (SSSR count). The fourth-order valence-electron chi connectivity index (χ4n) is 3.81. The molecule has 1 aliphatic rings. The first-order chi connectivity index (χ1) is 13.9. The zero-order chi connectivity index (χ0) is 20.8. The largest absolute Gasteiger partial charge is 0.399 e. The Bertz CT molecular complexity index is 868. The van der Waals surface area contributed by atoms with Gasteiger partial charge in [0.1, 0.15) is 5.78 Å². The summed E-state index contributed by atoms with van der Waals surface area (Å²) in [6.07, 6.45) is 4.45. The number of nitrogens with two attached hydrogens (primary N) is 1. The van der Waals surface area contributed by atoms with Crippen molar-refractivity contribution in [2.45, 2.75) is 51.0 Å². The Balaban J connectivity index is 1.56. The van der Waals surface area contributed by atoms with Gasteiger partial charge in [-0.25, -0.2) is 0 Å². The third kappa shape index (κ3) is 5.97. The molecule has 2 aromatic carbocycles. The number of aryl methyl sites for hydroxylation is 1. The minimum Gasteiger partial charge on any atom is -0.399 e. The van der Waals surface area contributed by atoms with Gasteiger partial charge in [-0.15, -0.1) is 0 Å². The number of nitrogens with zero attached hydrogens (tertiary/aromatic N) is 1. The van der Waals surface area contributed by atoms with E-state index in [0.717, 1.165) is 30.4 Å². The van der Waals surface area contributed by atoms with E-state index < -0.39 is 0 Å². The van der Waals surface area contributed by atoms with Gasteiger partial charge in [0.25, 0.3) is 0 Å². The van der Waals surface area contributed by atoms with E-state index >= 15 is 0 Å². The highest BCUT2D eigenvalue weighted by atomic mass is 35.5. The number of piperidine rings is 1. The van der Waals surface area contributed by atoms with Crippen LogP contribution in [0.15, 0.2) is 42.5 Å². The number of anilines is 1. The van der Waals surface area contributed by atoms with E-state index in [1.54, 1.807) is 12.1 Å². The van der Waals surface area contributed by atoms with Crippen LogP contribution in [0.4, 0.5) is 5.69 Å². The average molecular weight is 433 g/mol. The normalized spacial score (nSPS) is 16.6. The molecule has 6 heteroatoms. The second kappa shape index (κ2) is 10.1. The maximum Gasteiger partial charge on any atom is 0.223 e.